The number of hydrogen-bond acceptors (Lipinski definition) is 3. The van der Waals surface area contributed by atoms with Gasteiger partial charge in [-0.1, -0.05) is 24.3 Å². The fourth-order valence-corrected chi connectivity index (χ4v) is 2.57. The van der Waals surface area contributed by atoms with Crippen LogP contribution in [0.2, 0.25) is 0 Å². The number of aromatic nitrogens is 3. The number of fused-ring (bicyclic) bond motifs is 1. The van der Waals surface area contributed by atoms with E-state index in [0.717, 1.165) is 27.9 Å². The Morgan fingerprint density at radius 1 is 1.20 bits per heavy atom. The van der Waals surface area contributed by atoms with Gasteiger partial charge in [-0.05, 0) is 24.6 Å². The molecule has 0 radical (unpaired) electrons. The minimum absolute atomic E-state index is 0.471. The third-order valence-corrected chi connectivity index (χ3v) is 3.59. The molecule has 1 aromatic carbocycles. The smallest absolute Gasteiger partial charge is 0.102 e. The van der Waals surface area contributed by atoms with Crippen LogP contribution in [-0.4, -0.2) is 19.9 Å². The SMILES string of the molecule is Cc1cccnc1C(O)Cc1nn(C)c2ccccc12. The maximum absolute atomic E-state index is 10.4. The van der Waals surface area contributed by atoms with Crippen LogP contribution >= 0.6 is 0 Å². The van der Waals surface area contributed by atoms with Gasteiger partial charge in [0.15, 0.2) is 0 Å². The molecule has 0 aliphatic carbocycles. The molecule has 0 aliphatic heterocycles. The molecule has 3 aromatic rings. The van der Waals surface area contributed by atoms with Crippen molar-refractivity contribution < 1.29 is 5.11 Å². The maximum Gasteiger partial charge on any atom is 0.102 e. The van der Waals surface area contributed by atoms with E-state index in [1.807, 2.05) is 55.1 Å². The van der Waals surface area contributed by atoms with E-state index in [2.05, 4.69) is 10.1 Å². The van der Waals surface area contributed by atoms with Crippen molar-refractivity contribution in [3.05, 3.63) is 59.5 Å². The highest BCUT2D eigenvalue weighted by atomic mass is 16.3. The first kappa shape index (κ1) is 12.8. The third-order valence-electron chi connectivity index (χ3n) is 3.59. The zero-order valence-electron chi connectivity index (χ0n) is 11.6. The molecule has 3 rings (SSSR count). The number of para-hydroxylation sites is 1. The van der Waals surface area contributed by atoms with Crippen LogP contribution in [0.25, 0.3) is 10.9 Å². The van der Waals surface area contributed by atoms with Crippen molar-refractivity contribution in [1.82, 2.24) is 14.8 Å². The Morgan fingerprint density at radius 2 is 2.00 bits per heavy atom. The van der Waals surface area contributed by atoms with Crippen molar-refractivity contribution in [2.75, 3.05) is 0 Å². The largest absolute Gasteiger partial charge is 0.386 e. The predicted octanol–water partition coefficient (Wildman–Crippen LogP) is 2.55. The summed E-state index contributed by atoms with van der Waals surface area (Å²) in [5, 5.41) is 16.0. The average Bonchev–Trinajstić information content (AvgIpc) is 2.76. The zero-order valence-corrected chi connectivity index (χ0v) is 11.6. The molecule has 2 heterocycles. The van der Waals surface area contributed by atoms with E-state index < -0.39 is 6.10 Å². The van der Waals surface area contributed by atoms with Gasteiger partial charge < -0.3 is 5.11 Å². The van der Waals surface area contributed by atoms with E-state index in [4.69, 9.17) is 0 Å². The van der Waals surface area contributed by atoms with E-state index in [-0.39, 0.29) is 0 Å². The summed E-state index contributed by atoms with van der Waals surface area (Å²) in [5.41, 5.74) is 3.70. The highest BCUT2D eigenvalue weighted by Crippen LogP contribution is 2.24. The van der Waals surface area contributed by atoms with Gasteiger partial charge >= 0.3 is 0 Å². The van der Waals surface area contributed by atoms with Crippen LogP contribution < -0.4 is 0 Å². The lowest BCUT2D eigenvalue weighted by Gasteiger charge is -2.11. The van der Waals surface area contributed by atoms with Crippen LogP contribution in [0.4, 0.5) is 0 Å². The molecule has 0 aliphatic rings. The highest BCUT2D eigenvalue weighted by Gasteiger charge is 2.16. The van der Waals surface area contributed by atoms with E-state index in [1.165, 1.54) is 0 Å². The Labute approximate surface area is 117 Å². The fraction of sp³-hybridized carbons (Fsp3) is 0.250. The van der Waals surface area contributed by atoms with Crippen molar-refractivity contribution in [2.45, 2.75) is 19.4 Å². The summed E-state index contributed by atoms with van der Waals surface area (Å²) in [6, 6.07) is 11.9. The summed E-state index contributed by atoms with van der Waals surface area (Å²) in [6.45, 7) is 1.96. The van der Waals surface area contributed by atoms with Crippen LogP contribution in [0.15, 0.2) is 42.6 Å². The van der Waals surface area contributed by atoms with Crippen molar-refractivity contribution in [1.29, 1.82) is 0 Å². The topological polar surface area (TPSA) is 50.9 Å². The number of aliphatic hydroxyl groups excluding tert-OH is 1. The summed E-state index contributed by atoms with van der Waals surface area (Å²) in [4.78, 5) is 4.28. The quantitative estimate of drug-likeness (QED) is 0.793. The van der Waals surface area contributed by atoms with Crippen molar-refractivity contribution in [2.24, 2.45) is 7.05 Å². The van der Waals surface area contributed by atoms with Gasteiger partial charge in [-0.15, -0.1) is 0 Å². The second-order valence-electron chi connectivity index (χ2n) is 5.01. The molecule has 2 aromatic heterocycles. The van der Waals surface area contributed by atoms with Gasteiger partial charge in [-0.2, -0.15) is 5.10 Å². The zero-order chi connectivity index (χ0) is 14.1. The second kappa shape index (κ2) is 5.06. The van der Waals surface area contributed by atoms with Crippen LogP contribution in [0, 0.1) is 6.92 Å². The minimum Gasteiger partial charge on any atom is -0.386 e. The van der Waals surface area contributed by atoms with E-state index in [1.54, 1.807) is 6.20 Å². The van der Waals surface area contributed by atoms with Gasteiger partial charge in [0, 0.05) is 25.1 Å². The van der Waals surface area contributed by atoms with Crippen molar-refractivity contribution >= 4 is 10.9 Å². The molecule has 1 unspecified atom stereocenters. The van der Waals surface area contributed by atoms with Gasteiger partial charge in [-0.25, -0.2) is 0 Å². The Morgan fingerprint density at radius 3 is 2.80 bits per heavy atom. The normalized spacial score (nSPS) is 12.8. The second-order valence-corrected chi connectivity index (χ2v) is 5.01. The minimum atomic E-state index is -0.630. The summed E-state index contributed by atoms with van der Waals surface area (Å²) < 4.78 is 1.85. The highest BCUT2D eigenvalue weighted by molar-refractivity contribution is 5.81. The van der Waals surface area contributed by atoms with E-state index >= 15 is 0 Å². The van der Waals surface area contributed by atoms with Crippen molar-refractivity contribution in [3.8, 4) is 0 Å². The monoisotopic (exact) mass is 267 g/mol. The number of aryl methyl sites for hydroxylation is 2. The summed E-state index contributed by atoms with van der Waals surface area (Å²) in [5.74, 6) is 0. The van der Waals surface area contributed by atoms with E-state index in [0.29, 0.717) is 6.42 Å². The first-order chi connectivity index (χ1) is 9.66. The summed E-state index contributed by atoms with van der Waals surface area (Å²) >= 11 is 0. The molecular formula is C16H17N3O. The fourth-order valence-electron chi connectivity index (χ4n) is 2.57. The molecule has 0 fully saturated rings. The van der Waals surface area contributed by atoms with Crippen LogP contribution in [0.5, 0.6) is 0 Å². The molecule has 1 atom stereocenters. The lowest BCUT2D eigenvalue weighted by Crippen LogP contribution is -2.07. The van der Waals surface area contributed by atoms with E-state index in [9.17, 15) is 5.11 Å². The number of pyridine rings is 1. The number of hydrogen-bond donors (Lipinski definition) is 1. The van der Waals surface area contributed by atoms with Gasteiger partial charge in [0.05, 0.1) is 16.9 Å². The summed E-state index contributed by atoms with van der Waals surface area (Å²) in [7, 11) is 1.92. The molecule has 4 nitrogen and oxygen atoms in total. The third kappa shape index (κ3) is 2.18. The molecule has 4 heteroatoms. The number of rotatable bonds is 3. The lowest BCUT2D eigenvalue weighted by atomic mass is 10.0. The summed E-state index contributed by atoms with van der Waals surface area (Å²) in [6.07, 6.45) is 1.55. The van der Waals surface area contributed by atoms with Crippen LogP contribution in [-0.2, 0) is 13.5 Å². The van der Waals surface area contributed by atoms with Crippen LogP contribution in [0.1, 0.15) is 23.1 Å². The molecule has 20 heavy (non-hydrogen) atoms. The van der Waals surface area contributed by atoms with Gasteiger partial charge in [0.25, 0.3) is 0 Å². The Kier molecular flexibility index (Phi) is 3.24. The molecule has 0 spiro atoms. The Balaban J connectivity index is 1.96. The van der Waals surface area contributed by atoms with Gasteiger partial charge in [0.2, 0.25) is 0 Å². The van der Waals surface area contributed by atoms with Crippen molar-refractivity contribution in [3.63, 3.8) is 0 Å². The predicted molar refractivity (Wildman–Crippen MR) is 78.4 cm³/mol. The first-order valence-corrected chi connectivity index (χ1v) is 6.67. The standard InChI is InChI=1S/C16H17N3O/c1-11-6-5-9-17-16(11)15(20)10-13-12-7-3-4-8-14(12)19(2)18-13/h3-9,15,20H,10H2,1-2H3. The Bertz CT molecular complexity index is 748. The van der Waals surface area contributed by atoms with Gasteiger partial charge in [-0.3, -0.25) is 9.67 Å². The number of benzene rings is 1. The van der Waals surface area contributed by atoms with Crippen LogP contribution in [0.3, 0.4) is 0 Å². The lowest BCUT2D eigenvalue weighted by molar-refractivity contribution is 0.171. The molecular weight excluding hydrogens is 250 g/mol. The van der Waals surface area contributed by atoms with Gasteiger partial charge in [0.1, 0.15) is 6.10 Å². The maximum atomic E-state index is 10.4. The molecule has 0 saturated heterocycles. The molecule has 1 N–H and O–H groups in total. The molecule has 102 valence electrons. The number of nitrogens with zero attached hydrogens (tertiary/aromatic N) is 3. The molecule has 0 bridgehead atoms. The molecule has 0 saturated carbocycles. The Hall–Kier alpha value is -2.20. The number of aliphatic hydroxyl groups is 1. The first-order valence-electron chi connectivity index (χ1n) is 6.67. The molecule has 0 amide bonds. The average molecular weight is 267 g/mol.